The highest BCUT2D eigenvalue weighted by Gasteiger charge is 2.06. The lowest BCUT2D eigenvalue weighted by Gasteiger charge is -2.16. The molecule has 1 amide bonds. The summed E-state index contributed by atoms with van der Waals surface area (Å²) in [4.78, 5) is 17.8. The van der Waals surface area contributed by atoms with Gasteiger partial charge in [0.1, 0.15) is 5.82 Å². The van der Waals surface area contributed by atoms with Crippen molar-refractivity contribution in [2.45, 2.75) is 19.4 Å². The number of anilines is 1. The van der Waals surface area contributed by atoms with Crippen molar-refractivity contribution in [1.82, 2.24) is 15.6 Å². The molecule has 0 saturated heterocycles. The molecule has 18 heavy (non-hydrogen) atoms. The molecule has 100 valence electrons. The van der Waals surface area contributed by atoms with Crippen LogP contribution >= 0.6 is 0 Å². The molecule has 1 heterocycles. The maximum absolute atomic E-state index is 11.6. The lowest BCUT2D eigenvalue weighted by molar-refractivity contribution is -0.121. The van der Waals surface area contributed by atoms with Crippen LogP contribution in [0, 0.1) is 0 Å². The molecular formula is C13H22N4O. The summed E-state index contributed by atoms with van der Waals surface area (Å²) in [5.41, 5.74) is 1.03. The fraction of sp³-hybridized carbons (Fsp3) is 0.538. The molecular weight excluding hydrogens is 228 g/mol. The Morgan fingerprint density at radius 3 is 2.89 bits per heavy atom. The first-order chi connectivity index (χ1) is 8.65. The molecule has 0 spiro atoms. The highest BCUT2D eigenvalue weighted by Crippen LogP contribution is 2.13. The van der Waals surface area contributed by atoms with Gasteiger partial charge in [0.15, 0.2) is 0 Å². The van der Waals surface area contributed by atoms with Crippen molar-refractivity contribution in [1.29, 1.82) is 0 Å². The van der Waals surface area contributed by atoms with E-state index in [1.165, 1.54) is 0 Å². The van der Waals surface area contributed by atoms with Crippen LogP contribution in [0.3, 0.4) is 0 Å². The Bertz CT molecular complexity index is 379. The minimum atomic E-state index is 0.0822. The summed E-state index contributed by atoms with van der Waals surface area (Å²) in [6, 6.07) is 3.87. The van der Waals surface area contributed by atoms with Crippen LogP contribution in [0.1, 0.15) is 18.4 Å². The Kier molecular flexibility index (Phi) is 6.14. The number of nitrogens with zero attached hydrogens (tertiary/aromatic N) is 2. The summed E-state index contributed by atoms with van der Waals surface area (Å²) in [6.45, 7) is 1.39. The molecule has 0 bridgehead atoms. The van der Waals surface area contributed by atoms with Crippen molar-refractivity contribution in [3.05, 3.63) is 23.9 Å². The third-order valence-electron chi connectivity index (χ3n) is 2.60. The molecule has 0 aliphatic rings. The standard InChI is InChI=1S/C13H22N4O/c1-14-8-5-7-12(18)16-10-11-6-4-9-15-13(11)17(2)3/h4,6,9,14H,5,7-8,10H2,1-3H3,(H,16,18). The topological polar surface area (TPSA) is 57.3 Å². The van der Waals surface area contributed by atoms with Crippen LogP contribution in [0.25, 0.3) is 0 Å². The Hall–Kier alpha value is -1.62. The predicted octanol–water partition coefficient (Wildman–Crippen LogP) is 0.763. The van der Waals surface area contributed by atoms with Crippen LogP contribution in [-0.2, 0) is 11.3 Å². The zero-order valence-electron chi connectivity index (χ0n) is 11.4. The molecule has 0 fully saturated rings. The molecule has 0 aromatic carbocycles. The zero-order chi connectivity index (χ0) is 13.4. The Balaban J connectivity index is 2.45. The zero-order valence-corrected chi connectivity index (χ0v) is 11.4. The van der Waals surface area contributed by atoms with E-state index in [4.69, 9.17) is 0 Å². The van der Waals surface area contributed by atoms with Gasteiger partial charge in [-0.2, -0.15) is 0 Å². The van der Waals surface area contributed by atoms with Gasteiger partial charge in [-0.25, -0.2) is 4.98 Å². The van der Waals surface area contributed by atoms with Crippen LogP contribution in [0.2, 0.25) is 0 Å². The molecule has 5 heteroatoms. The van der Waals surface area contributed by atoms with E-state index in [-0.39, 0.29) is 5.91 Å². The molecule has 0 saturated carbocycles. The van der Waals surface area contributed by atoms with Crippen molar-refractivity contribution in [3.63, 3.8) is 0 Å². The lowest BCUT2D eigenvalue weighted by Crippen LogP contribution is -2.25. The number of hydrogen-bond donors (Lipinski definition) is 2. The van der Waals surface area contributed by atoms with Gasteiger partial charge in [0.05, 0.1) is 0 Å². The van der Waals surface area contributed by atoms with Gasteiger partial charge in [-0.3, -0.25) is 4.79 Å². The van der Waals surface area contributed by atoms with Crippen LogP contribution in [0.15, 0.2) is 18.3 Å². The average molecular weight is 250 g/mol. The van der Waals surface area contributed by atoms with Gasteiger partial charge in [-0.15, -0.1) is 0 Å². The lowest BCUT2D eigenvalue weighted by atomic mass is 10.2. The van der Waals surface area contributed by atoms with E-state index in [0.29, 0.717) is 13.0 Å². The molecule has 1 rings (SSSR count). The summed E-state index contributed by atoms with van der Waals surface area (Å²) in [5.74, 6) is 0.979. The molecule has 0 radical (unpaired) electrons. The van der Waals surface area contributed by atoms with Crippen LogP contribution in [0.5, 0.6) is 0 Å². The maximum atomic E-state index is 11.6. The summed E-state index contributed by atoms with van der Waals surface area (Å²) in [5, 5.41) is 5.94. The number of nitrogens with one attached hydrogen (secondary N) is 2. The first-order valence-corrected chi connectivity index (χ1v) is 6.17. The van der Waals surface area contributed by atoms with E-state index in [1.807, 2.05) is 38.2 Å². The highest BCUT2D eigenvalue weighted by molar-refractivity contribution is 5.76. The van der Waals surface area contributed by atoms with E-state index in [9.17, 15) is 4.79 Å². The molecule has 0 aliphatic carbocycles. The van der Waals surface area contributed by atoms with E-state index in [1.54, 1.807) is 6.20 Å². The minimum absolute atomic E-state index is 0.0822. The number of carbonyl (C=O) groups excluding carboxylic acids is 1. The minimum Gasteiger partial charge on any atom is -0.362 e. The number of rotatable bonds is 7. The molecule has 1 aromatic rings. The normalized spacial score (nSPS) is 10.2. The number of carbonyl (C=O) groups is 1. The third kappa shape index (κ3) is 4.71. The fourth-order valence-electron chi connectivity index (χ4n) is 1.68. The van der Waals surface area contributed by atoms with Gasteiger partial charge in [-0.05, 0) is 26.1 Å². The fourth-order valence-corrected chi connectivity index (χ4v) is 1.68. The van der Waals surface area contributed by atoms with Gasteiger partial charge in [0.25, 0.3) is 0 Å². The predicted molar refractivity (Wildman–Crippen MR) is 73.6 cm³/mol. The molecule has 0 atom stereocenters. The summed E-state index contributed by atoms with van der Waals surface area (Å²) < 4.78 is 0. The van der Waals surface area contributed by atoms with Crippen molar-refractivity contribution in [2.24, 2.45) is 0 Å². The van der Waals surface area contributed by atoms with Crippen molar-refractivity contribution in [3.8, 4) is 0 Å². The second-order valence-corrected chi connectivity index (χ2v) is 4.36. The number of hydrogen-bond acceptors (Lipinski definition) is 4. The van der Waals surface area contributed by atoms with Crippen LogP contribution in [-0.4, -0.2) is 38.6 Å². The van der Waals surface area contributed by atoms with E-state index < -0.39 is 0 Å². The van der Waals surface area contributed by atoms with Crippen molar-refractivity contribution in [2.75, 3.05) is 32.6 Å². The highest BCUT2D eigenvalue weighted by atomic mass is 16.1. The second kappa shape index (κ2) is 7.66. The molecule has 0 aliphatic heterocycles. The molecule has 5 nitrogen and oxygen atoms in total. The van der Waals surface area contributed by atoms with Gasteiger partial charge >= 0.3 is 0 Å². The van der Waals surface area contributed by atoms with Crippen LogP contribution < -0.4 is 15.5 Å². The van der Waals surface area contributed by atoms with Gasteiger partial charge in [0, 0.05) is 38.8 Å². The molecule has 2 N–H and O–H groups in total. The molecule has 0 unspecified atom stereocenters. The third-order valence-corrected chi connectivity index (χ3v) is 2.60. The van der Waals surface area contributed by atoms with E-state index in [0.717, 1.165) is 24.3 Å². The summed E-state index contributed by atoms with van der Waals surface area (Å²) >= 11 is 0. The van der Waals surface area contributed by atoms with Gasteiger partial charge in [-0.1, -0.05) is 6.07 Å². The second-order valence-electron chi connectivity index (χ2n) is 4.36. The van der Waals surface area contributed by atoms with E-state index >= 15 is 0 Å². The Morgan fingerprint density at radius 1 is 1.44 bits per heavy atom. The Morgan fingerprint density at radius 2 is 2.22 bits per heavy atom. The Labute approximate surface area is 109 Å². The maximum Gasteiger partial charge on any atom is 0.220 e. The summed E-state index contributed by atoms with van der Waals surface area (Å²) in [7, 11) is 5.78. The SMILES string of the molecule is CNCCCC(=O)NCc1cccnc1N(C)C. The van der Waals surface area contributed by atoms with Crippen LogP contribution in [0.4, 0.5) is 5.82 Å². The quantitative estimate of drug-likeness (QED) is 0.702. The smallest absolute Gasteiger partial charge is 0.220 e. The van der Waals surface area contributed by atoms with Gasteiger partial charge in [0.2, 0.25) is 5.91 Å². The first-order valence-electron chi connectivity index (χ1n) is 6.17. The van der Waals surface area contributed by atoms with E-state index in [2.05, 4.69) is 15.6 Å². The number of amides is 1. The van der Waals surface area contributed by atoms with Crippen molar-refractivity contribution >= 4 is 11.7 Å². The average Bonchev–Trinajstić information content (AvgIpc) is 2.37. The largest absolute Gasteiger partial charge is 0.362 e. The van der Waals surface area contributed by atoms with Crippen molar-refractivity contribution < 1.29 is 4.79 Å². The summed E-state index contributed by atoms with van der Waals surface area (Å²) in [6.07, 6.45) is 3.17. The molecule has 1 aromatic heterocycles. The first kappa shape index (κ1) is 14.4. The monoisotopic (exact) mass is 250 g/mol. The number of aromatic nitrogens is 1. The number of pyridine rings is 1. The van der Waals surface area contributed by atoms with Gasteiger partial charge < -0.3 is 15.5 Å².